The van der Waals surface area contributed by atoms with Crippen molar-refractivity contribution in [2.24, 2.45) is 4.99 Å². The maximum atomic E-state index is 4.71. The van der Waals surface area contributed by atoms with Crippen molar-refractivity contribution in [3.05, 3.63) is 119 Å². The lowest BCUT2D eigenvalue weighted by atomic mass is 9.82. The Morgan fingerprint density at radius 3 is 2.13 bits per heavy atom. The molecule has 4 aromatic carbocycles. The highest BCUT2D eigenvalue weighted by molar-refractivity contribution is 5.82. The van der Waals surface area contributed by atoms with Crippen molar-refractivity contribution in [1.82, 2.24) is 0 Å². The van der Waals surface area contributed by atoms with E-state index in [2.05, 4.69) is 105 Å². The maximum absolute atomic E-state index is 4.71. The molecule has 0 heterocycles. The Labute approximate surface area is 178 Å². The second-order valence-corrected chi connectivity index (χ2v) is 8.51. The van der Waals surface area contributed by atoms with Crippen LogP contribution < -0.4 is 0 Å². The Bertz CT molecular complexity index is 1210. The lowest BCUT2D eigenvalue weighted by molar-refractivity contribution is 0.660. The van der Waals surface area contributed by atoms with Crippen molar-refractivity contribution in [3.8, 4) is 22.3 Å². The molecular formula is C29H25N. The van der Waals surface area contributed by atoms with Gasteiger partial charge in [-0.25, -0.2) is 0 Å². The molecule has 0 saturated carbocycles. The average Bonchev–Trinajstić information content (AvgIpc) is 3.02. The molecule has 0 bridgehead atoms. The van der Waals surface area contributed by atoms with Gasteiger partial charge in [0.25, 0.3) is 0 Å². The minimum Gasteiger partial charge on any atom is -0.288 e. The van der Waals surface area contributed by atoms with E-state index < -0.39 is 0 Å². The SMILES string of the molecule is CC1(C)c2ccccc2-c2cc(CN=Cc3ccc(-c4ccccc4)cc3)ccc21. The van der Waals surface area contributed by atoms with Gasteiger partial charge in [-0.2, -0.15) is 0 Å². The van der Waals surface area contributed by atoms with E-state index in [0.29, 0.717) is 6.54 Å². The normalized spacial score (nSPS) is 13.9. The Morgan fingerprint density at radius 2 is 1.33 bits per heavy atom. The molecule has 0 atom stereocenters. The number of hydrogen-bond acceptors (Lipinski definition) is 1. The van der Waals surface area contributed by atoms with Crippen molar-refractivity contribution in [3.63, 3.8) is 0 Å². The first kappa shape index (κ1) is 18.6. The monoisotopic (exact) mass is 387 g/mol. The summed E-state index contributed by atoms with van der Waals surface area (Å²) in [7, 11) is 0. The van der Waals surface area contributed by atoms with Gasteiger partial charge in [-0.05, 0) is 50.6 Å². The summed E-state index contributed by atoms with van der Waals surface area (Å²) in [6.07, 6.45) is 1.97. The molecule has 0 saturated heterocycles. The lowest BCUT2D eigenvalue weighted by Gasteiger charge is -2.21. The van der Waals surface area contributed by atoms with Crippen molar-refractivity contribution < 1.29 is 0 Å². The molecule has 5 rings (SSSR count). The topological polar surface area (TPSA) is 12.4 Å². The van der Waals surface area contributed by atoms with Crippen molar-refractivity contribution >= 4 is 6.21 Å². The molecule has 0 unspecified atom stereocenters. The summed E-state index contributed by atoms with van der Waals surface area (Å²) in [5.41, 5.74) is 10.5. The average molecular weight is 388 g/mol. The molecule has 0 aromatic heterocycles. The van der Waals surface area contributed by atoms with E-state index >= 15 is 0 Å². The minimum absolute atomic E-state index is 0.0637. The van der Waals surface area contributed by atoms with E-state index in [1.165, 1.54) is 38.9 Å². The molecule has 1 aliphatic rings. The van der Waals surface area contributed by atoms with Gasteiger partial charge in [-0.3, -0.25) is 4.99 Å². The summed E-state index contributed by atoms with van der Waals surface area (Å²) >= 11 is 0. The van der Waals surface area contributed by atoms with Gasteiger partial charge in [0.15, 0.2) is 0 Å². The standard InChI is InChI=1S/C29H25N/c1-29(2)27-11-7-6-10-25(27)26-18-22(14-17-28(26)29)20-30-19-21-12-15-24(16-13-21)23-8-4-3-5-9-23/h3-19H,20H2,1-2H3. The second kappa shape index (κ2) is 7.42. The predicted molar refractivity (Wildman–Crippen MR) is 127 cm³/mol. The summed E-state index contributed by atoms with van der Waals surface area (Å²) in [4.78, 5) is 4.71. The van der Waals surface area contributed by atoms with E-state index in [4.69, 9.17) is 4.99 Å². The number of fused-ring (bicyclic) bond motifs is 3. The predicted octanol–water partition coefficient (Wildman–Crippen LogP) is 7.28. The molecule has 0 aliphatic heterocycles. The molecule has 1 aliphatic carbocycles. The maximum Gasteiger partial charge on any atom is 0.0640 e. The fraction of sp³-hybridized carbons (Fsp3) is 0.138. The largest absolute Gasteiger partial charge is 0.288 e. The van der Waals surface area contributed by atoms with Crippen LogP contribution in [0.5, 0.6) is 0 Å². The van der Waals surface area contributed by atoms with Gasteiger partial charge >= 0.3 is 0 Å². The van der Waals surface area contributed by atoms with Crippen LogP contribution in [0.3, 0.4) is 0 Å². The van der Waals surface area contributed by atoms with Gasteiger partial charge in [0, 0.05) is 11.6 Å². The van der Waals surface area contributed by atoms with Gasteiger partial charge in [-0.15, -0.1) is 0 Å². The fourth-order valence-electron chi connectivity index (χ4n) is 4.51. The second-order valence-electron chi connectivity index (χ2n) is 8.51. The van der Waals surface area contributed by atoms with Crippen LogP contribution >= 0.6 is 0 Å². The molecule has 0 amide bonds. The molecular weight excluding hydrogens is 362 g/mol. The van der Waals surface area contributed by atoms with Crippen LogP contribution in [0.1, 0.15) is 36.1 Å². The lowest BCUT2D eigenvalue weighted by Crippen LogP contribution is -2.14. The number of aliphatic imine (C=N–C) groups is 1. The van der Waals surface area contributed by atoms with Crippen molar-refractivity contribution in [2.75, 3.05) is 0 Å². The van der Waals surface area contributed by atoms with E-state index in [1.54, 1.807) is 0 Å². The number of benzene rings is 4. The minimum atomic E-state index is 0.0637. The number of rotatable bonds is 4. The zero-order valence-electron chi connectivity index (χ0n) is 17.5. The zero-order chi connectivity index (χ0) is 20.6. The highest BCUT2D eigenvalue weighted by Gasteiger charge is 2.34. The van der Waals surface area contributed by atoms with E-state index in [1.807, 2.05) is 12.3 Å². The molecule has 146 valence electrons. The highest BCUT2D eigenvalue weighted by Crippen LogP contribution is 2.48. The first-order chi connectivity index (χ1) is 14.6. The van der Waals surface area contributed by atoms with Crippen LogP contribution in [0.25, 0.3) is 22.3 Å². The van der Waals surface area contributed by atoms with Crippen LogP contribution in [0, 0.1) is 0 Å². The van der Waals surface area contributed by atoms with Gasteiger partial charge < -0.3 is 0 Å². The molecule has 0 spiro atoms. The summed E-state index contributed by atoms with van der Waals surface area (Å²) in [6, 6.07) is 34.6. The molecule has 0 radical (unpaired) electrons. The molecule has 1 nitrogen and oxygen atoms in total. The fourth-order valence-corrected chi connectivity index (χ4v) is 4.51. The van der Waals surface area contributed by atoms with Crippen LogP contribution in [0.4, 0.5) is 0 Å². The Kier molecular flexibility index (Phi) is 4.59. The van der Waals surface area contributed by atoms with E-state index in [9.17, 15) is 0 Å². The smallest absolute Gasteiger partial charge is 0.0640 e. The first-order valence-corrected chi connectivity index (χ1v) is 10.5. The zero-order valence-corrected chi connectivity index (χ0v) is 17.5. The van der Waals surface area contributed by atoms with E-state index in [0.717, 1.165) is 5.56 Å². The van der Waals surface area contributed by atoms with Crippen molar-refractivity contribution in [2.45, 2.75) is 25.8 Å². The molecule has 4 aromatic rings. The quantitative estimate of drug-likeness (QED) is 0.326. The molecule has 0 N–H and O–H groups in total. The third kappa shape index (κ3) is 3.27. The Balaban J connectivity index is 1.34. The van der Waals surface area contributed by atoms with Crippen LogP contribution in [0.2, 0.25) is 0 Å². The van der Waals surface area contributed by atoms with Crippen LogP contribution in [-0.4, -0.2) is 6.21 Å². The third-order valence-corrected chi connectivity index (χ3v) is 6.18. The number of hydrogen-bond donors (Lipinski definition) is 0. The first-order valence-electron chi connectivity index (χ1n) is 10.5. The van der Waals surface area contributed by atoms with Gasteiger partial charge in [0.1, 0.15) is 0 Å². The van der Waals surface area contributed by atoms with Gasteiger partial charge in [-0.1, -0.05) is 105 Å². The van der Waals surface area contributed by atoms with Crippen LogP contribution in [0.15, 0.2) is 102 Å². The highest BCUT2D eigenvalue weighted by atomic mass is 14.7. The third-order valence-electron chi connectivity index (χ3n) is 6.18. The van der Waals surface area contributed by atoms with Gasteiger partial charge in [0.05, 0.1) is 6.54 Å². The molecule has 30 heavy (non-hydrogen) atoms. The summed E-state index contributed by atoms with van der Waals surface area (Å²) in [5.74, 6) is 0. The van der Waals surface area contributed by atoms with Gasteiger partial charge in [0.2, 0.25) is 0 Å². The summed E-state index contributed by atoms with van der Waals surface area (Å²) in [5, 5.41) is 0. The molecule has 0 fully saturated rings. The van der Waals surface area contributed by atoms with E-state index in [-0.39, 0.29) is 5.41 Å². The number of nitrogens with zero attached hydrogens (tertiary/aromatic N) is 1. The Hall–Kier alpha value is -3.45. The molecule has 1 heteroatoms. The Morgan fingerprint density at radius 1 is 0.667 bits per heavy atom. The summed E-state index contributed by atoms with van der Waals surface area (Å²) < 4.78 is 0. The van der Waals surface area contributed by atoms with Crippen LogP contribution in [-0.2, 0) is 12.0 Å². The summed E-state index contributed by atoms with van der Waals surface area (Å²) in [6.45, 7) is 5.32. The van der Waals surface area contributed by atoms with Crippen molar-refractivity contribution in [1.29, 1.82) is 0 Å².